The van der Waals surface area contributed by atoms with Crippen molar-refractivity contribution in [2.45, 2.75) is 156 Å². The third-order valence-corrected chi connectivity index (χ3v) is 9.75. The third-order valence-electron chi connectivity index (χ3n) is 9.75. The van der Waals surface area contributed by atoms with Gasteiger partial charge >= 0.3 is 0 Å². The van der Waals surface area contributed by atoms with Crippen molar-refractivity contribution in [3.63, 3.8) is 0 Å². The van der Waals surface area contributed by atoms with E-state index in [4.69, 9.17) is 0 Å². The van der Waals surface area contributed by atoms with Gasteiger partial charge in [-0.2, -0.15) is 0 Å². The Kier molecular flexibility index (Phi) is 8.98. The SMILES string of the molecule is CC(C)(C)c1cc(CN2CCC[C@@H]2[C@H]2CCCN2Cc2cc(C(C)(C)C)cc(C(C)(C)C)c2O)c(O)c(C(C)(C)C)c1. The van der Waals surface area contributed by atoms with Crippen molar-refractivity contribution in [2.24, 2.45) is 0 Å². The minimum atomic E-state index is -0.123. The maximum atomic E-state index is 11.5. The van der Waals surface area contributed by atoms with Gasteiger partial charge in [0.25, 0.3) is 0 Å². The quantitative estimate of drug-likeness (QED) is 0.373. The van der Waals surface area contributed by atoms with Crippen LogP contribution in [0, 0.1) is 0 Å². The van der Waals surface area contributed by atoms with Gasteiger partial charge in [-0.05, 0) is 82.7 Å². The van der Waals surface area contributed by atoms with Crippen LogP contribution in [0.4, 0.5) is 0 Å². The van der Waals surface area contributed by atoms with Crippen LogP contribution in [0.3, 0.4) is 0 Å². The molecule has 0 saturated carbocycles. The Morgan fingerprint density at radius 1 is 0.548 bits per heavy atom. The van der Waals surface area contributed by atoms with Crippen LogP contribution in [-0.2, 0) is 34.7 Å². The zero-order valence-electron chi connectivity index (χ0n) is 28.9. The van der Waals surface area contributed by atoms with Gasteiger partial charge in [-0.25, -0.2) is 0 Å². The molecule has 42 heavy (non-hydrogen) atoms. The molecule has 234 valence electrons. The zero-order chi connectivity index (χ0) is 31.4. The molecule has 2 aromatic rings. The first kappa shape index (κ1) is 32.9. The molecule has 0 radical (unpaired) electrons. The van der Waals surface area contributed by atoms with Crippen LogP contribution in [0.2, 0.25) is 0 Å². The second-order valence-electron chi connectivity index (χ2n) is 17.4. The van der Waals surface area contributed by atoms with E-state index in [1.165, 1.54) is 36.8 Å². The fourth-order valence-corrected chi connectivity index (χ4v) is 7.05. The Balaban J connectivity index is 1.64. The number of phenols is 2. The molecule has 2 atom stereocenters. The van der Waals surface area contributed by atoms with Crippen LogP contribution in [-0.4, -0.2) is 45.2 Å². The first-order valence-corrected chi connectivity index (χ1v) is 16.4. The van der Waals surface area contributed by atoms with E-state index in [0.717, 1.165) is 48.4 Å². The molecule has 4 rings (SSSR count). The molecule has 2 heterocycles. The van der Waals surface area contributed by atoms with Crippen molar-refractivity contribution in [3.05, 3.63) is 57.6 Å². The predicted octanol–water partition coefficient (Wildman–Crippen LogP) is 8.92. The molecule has 0 spiro atoms. The standard InChI is InChI=1S/C38H60N2O2/c1-35(2,3)27-19-25(33(41)29(21-27)37(7,8)9)23-39-17-13-15-31(39)32-16-14-18-40(32)24-26-20-28(36(4,5)6)22-30(34(26)42)38(10,11)12/h19-22,31-32,41-42H,13-18,23-24H2,1-12H3/t31-,32-/m1/s1. The molecule has 0 amide bonds. The van der Waals surface area contributed by atoms with Crippen LogP contribution in [0.15, 0.2) is 24.3 Å². The number of aromatic hydroxyl groups is 2. The molecular weight excluding hydrogens is 516 g/mol. The summed E-state index contributed by atoms with van der Waals surface area (Å²) in [5, 5.41) is 23.0. The molecule has 4 nitrogen and oxygen atoms in total. The summed E-state index contributed by atoms with van der Waals surface area (Å²) in [6, 6.07) is 9.88. The van der Waals surface area contributed by atoms with E-state index in [9.17, 15) is 10.2 Å². The van der Waals surface area contributed by atoms with Crippen molar-refractivity contribution in [2.75, 3.05) is 13.1 Å². The summed E-state index contributed by atoms with van der Waals surface area (Å²) in [7, 11) is 0. The smallest absolute Gasteiger partial charge is 0.123 e. The van der Waals surface area contributed by atoms with Crippen molar-refractivity contribution in [1.29, 1.82) is 0 Å². The maximum absolute atomic E-state index is 11.5. The van der Waals surface area contributed by atoms with E-state index in [1.807, 2.05) is 0 Å². The van der Waals surface area contributed by atoms with Gasteiger partial charge in [-0.3, -0.25) is 9.80 Å². The van der Waals surface area contributed by atoms with Crippen LogP contribution in [0.25, 0.3) is 0 Å². The van der Waals surface area contributed by atoms with Gasteiger partial charge in [0.1, 0.15) is 11.5 Å². The molecule has 0 bridgehead atoms. The lowest BCUT2D eigenvalue weighted by Gasteiger charge is -2.36. The van der Waals surface area contributed by atoms with Crippen LogP contribution in [0.1, 0.15) is 142 Å². The number of phenolic OH excluding ortho intramolecular Hbond substituents is 2. The normalized spacial score (nSPS) is 21.4. The average molecular weight is 577 g/mol. The Morgan fingerprint density at radius 2 is 0.881 bits per heavy atom. The third kappa shape index (κ3) is 7.02. The van der Waals surface area contributed by atoms with E-state index >= 15 is 0 Å². The van der Waals surface area contributed by atoms with E-state index in [-0.39, 0.29) is 21.7 Å². The van der Waals surface area contributed by atoms with Gasteiger partial charge in [0.15, 0.2) is 0 Å². The second-order valence-corrected chi connectivity index (χ2v) is 17.4. The summed E-state index contributed by atoms with van der Waals surface area (Å²) in [5.41, 5.74) is 6.60. The van der Waals surface area contributed by atoms with Gasteiger partial charge in [0.2, 0.25) is 0 Å². The van der Waals surface area contributed by atoms with E-state index in [0.29, 0.717) is 23.6 Å². The van der Waals surface area contributed by atoms with E-state index in [1.54, 1.807) is 0 Å². The van der Waals surface area contributed by atoms with Crippen molar-refractivity contribution in [3.8, 4) is 11.5 Å². The molecular formula is C38H60N2O2. The molecule has 2 aliphatic heterocycles. The highest BCUT2D eigenvalue weighted by Gasteiger charge is 2.39. The molecule has 0 unspecified atom stereocenters. The topological polar surface area (TPSA) is 46.9 Å². The number of nitrogens with zero attached hydrogens (tertiary/aromatic N) is 2. The highest BCUT2D eigenvalue weighted by atomic mass is 16.3. The molecule has 2 saturated heterocycles. The number of likely N-dealkylation sites (tertiary alicyclic amines) is 2. The van der Waals surface area contributed by atoms with Crippen molar-refractivity contribution >= 4 is 0 Å². The van der Waals surface area contributed by atoms with Crippen LogP contribution >= 0.6 is 0 Å². The van der Waals surface area contributed by atoms with E-state index in [2.05, 4.69) is 117 Å². The Labute approximate surface area is 257 Å². The minimum Gasteiger partial charge on any atom is -0.507 e. The molecule has 4 heteroatoms. The largest absolute Gasteiger partial charge is 0.507 e. The monoisotopic (exact) mass is 576 g/mol. The maximum Gasteiger partial charge on any atom is 0.123 e. The highest BCUT2D eigenvalue weighted by molar-refractivity contribution is 5.50. The Morgan fingerprint density at radius 3 is 1.17 bits per heavy atom. The van der Waals surface area contributed by atoms with Crippen molar-refractivity contribution < 1.29 is 10.2 Å². The average Bonchev–Trinajstić information content (AvgIpc) is 3.47. The van der Waals surface area contributed by atoms with Gasteiger partial charge in [0, 0.05) is 36.3 Å². The first-order valence-electron chi connectivity index (χ1n) is 16.4. The first-order chi connectivity index (χ1) is 19.2. The summed E-state index contributed by atoms with van der Waals surface area (Å²) >= 11 is 0. The van der Waals surface area contributed by atoms with Gasteiger partial charge in [-0.1, -0.05) is 107 Å². The summed E-state index contributed by atoms with van der Waals surface area (Å²) < 4.78 is 0. The fourth-order valence-electron chi connectivity index (χ4n) is 7.05. The summed E-state index contributed by atoms with van der Waals surface area (Å²) in [4.78, 5) is 5.28. The number of rotatable bonds is 5. The molecule has 2 fully saturated rings. The molecule has 0 aromatic heterocycles. The zero-order valence-corrected chi connectivity index (χ0v) is 28.9. The van der Waals surface area contributed by atoms with Gasteiger partial charge < -0.3 is 10.2 Å². The summed E-state index contributed by atoms with van der Waals surface area (Å²) in [6.45, 7) is 30.5. The van der Waals surface area contributed by atoms with Crippen LogP contribution in [0.5, 0.6) is 11.5 Å². The highest BCUT2D eigenvalue weighted by Crippen LogP contribution is 2.42. The van der Waals surface area contributed by atoms with Crippen LogP contribution < -0.4 is 0 Å². The molecule has 2 aliphatic rings. The predicted molar refractivity (Wildman–Crippen MR) is 178 cm³/mol. The lowest BCUT2D eigenvalue weighted by atomic mass is 9.78. The number of hydrogen-bond donors (Lipinski definition) is 2. The van der Waals surface area contributed by atoms with E-state index < -0.39 is 0 Å². The number of hydrogen-bond acceptors (Lipinski definition) is 4. The van der Waals surface area contributed by atoms with Gasteiger partial charge in [0.05, 0.1) is 0 Å². The molecule has 0 aliphatic carbocycles. The molecule has 2 N–H and O–H groups in total. The lowest BCUT2D eigenvalue weighted by molar-refractivity contribution is 0.122. The molecule has 2 aromatic carbocycles. The lowest BCUT2D eigenvalue weighted by Crippen LogP contribution is -2.45. The Bertz CT molecular complexity index is 1170. The van der Waals surface area contributed by atoms with Gasteiger partial charge in [-0.15, -0.1) is 0 Å². The Hall–Kier alpha value is -2.04. The summed E-state index contributed by atoms with van der Waals surface area (Å²) in [5.74, 6) is 0.950. The van der Waals surface area contributed by atoms with Crippen molar-refractivity contribution in [1.82, 2.24) is 9.80 Å². The minimum absolute atomic E-state index is 0.0185. The number of benzene rings is 2. The second kappa shape index (κ2) is 11.5. The summed E-state index contributed by atoms with van der Waals surface area (Å²) in [6.07, 6.45) is 4.77. The fraction of sp³-hybridized carbons (Fsp3) is 0.684.